The minimum atomic E-state index is -0.545. The van der Waals surface area contributed by atoms with Gasteiger partial charge in [0.2, 0.25) is 0 Å². The monoisotopic (exact) mass is 300 g/mol. The maximum absolute atomic E-state index is 11.4. The number of hydrogen-bond donors (Lipinski definition) is 2. The average molecular weight is 300 g/mol. The number of rotatable bonds is 5. The van der Waals surface area contributed by atoms with E-state index >= 15 is 0 Å². The molecule has 0 bridgehead atoms. The minimum Gasteiger partial charge on any atom is -0.489 e. The van der Waals surface area contributed by atoms with Crippen LogP contribution in [0.4, 0.5) is 4.79 Å². The quantitative estimate of drug-likeness (QED) is 0.657. The molecule has 5 nitrogen and oxygen atoms in total. The third kappa shape index (κ3) is 3.99. The maximum Gasteiger partial charge on any atom is 0.341 e. The van der Waals surface area contributed by atoms with Gasteiger partial charge in [0, 0.05) is 7.05 Å². The van der Waals surface area contributed by atoms with Crippen molar-refractivity contribution < 1.29 is 14.7 Å². The lowest BCUT2D eigenvalue weighted by atomic mass is 10.1. The number of benzene rings is 2. The Hall–Kier alpha value is -2.53. The molecule has 0 heterocycles. The highest BCUT2D eigenvalue weighted by molar-refractivity contribution is 5.72. The van der Waals surface area contributed by atoms with E-state index in [-0.39, 0.29) is 0 Å². The zero-order chi connectivity index (χ0) is 15.9. The molecule has 0 aliphatic carbocycles. The molecule has 0 aliphatic rings. The first-order valence-corrected chi connectivity index (χ1v) is 7.08. The van der Waals surface area contributed by atoms with Crippen LogP contribution in [0.3, 0.4) is 0 Å². The number of urea groups is 1. The second-order valence-electron chi connectivity index (χ2n) is 4.92. The van der Waals surface area contributed by atoms with Gasteiger partial charge in [-0.25, -0.2) is 4.79 Å². The average Bonchev–Trinajstić information content (AvgIpc) is 2.59. The molecule has 0 radical (unpaired) electrons. The summed E-state index contributed by atoms with van der Waals surface area (Å²) in [4.78, 5) is 11.4. The predicted molar refractivity (Wildman–Crippen MR) is 83.7 cm³/mol. The molecule has 2 aromatic rings. The fourth-order valence-electron chi connectivity index (χ4n) is 2.02. The van der Waals surface area contributed by atoms with Gasteiger partial charge in [-0.2, -0.15) is 5.06 Å². The van der Waals surface area contributed by atoms with E-state index in [4.69, 9.17) is 4.74 Å². The molecule has 2 aromatic carbocycles. The molecule has 2 rings (SSSR count). The Morgan fingerprint density at radius 1 is 1.18 bits per heavy atom. The van der Waals surface area contributed by atoms with Gasteiger partial charge < -0.3 is 10.1 Å². The van der Waals surface area contributed by atoms with Crippen molar-refractivity contribution in [1.29, 1.82) is 0 Å². The molecule has 0 fully saturated rings. The van der Waals surface area contributed by atoms with E-state index in [1.54, 1.807) is 6.92 Å². The Kier molecular flexibility index (Phi) is 5.38. The molecule has 0 saturated heterocycles. The number of nitrogens with zero attached hydrogens (tertiary/aromatic N) is 1. The Labute approximate surface area is 130 Å². The molecular weight excluding hydrogens is 280 g/mol. The predicted octanol–water partition coefficient (Wildman–Crippen LogP) is 3.36. The Balaban J connectivity index is 1.96. The number of hydroxylamine groups is 2. The van der Waals surface area contributed by atoms with E-state index in [2.05, 4.69) is 5.32 Å². The summed E-state index contributed by atoms with van der Waals surface area (Å²) < 4.78 is 5.70. The third-order valence-electron chi connectivity index (χ3n) is 3.40. The summed E-state index contributed by atoms with van der Waals surface area (Å²) in [5.41, 5.74) is 1.92. The highest BCUT2D eigenvalue weighted by atomic mass is 16.5. The molecule has 5 heteroatoms. The van der Waals surface area contributed by atoms with Crippen LogP contribution in [-0.4, -0.2) is 23.3 Å². The number of carbonyl (C=O) groups excluding carboxylic acids is 1. The standard InChI is InChI=1S/C17H20N2O3/c1-13(19(21)17(20)18-2)15-8-10-16(11-9-15)22-12-14-6-4-3-5-7-14/h3-11,13,21H,12H2,1-2H3,(H,18,20). The van der Waals surface area contributed by atoms with Crippen molar-refractivity contribution in [2.75, 3.05) is 7.05 Å². The fourth-order valence-corrected chi connectivity index (χ4v) is 2.02. The van der Waals surface area contributed by atoms with Crippen LogP contribution in [0.25, 0.3) is 0 Å². The van der Waals surface area contributed by atoms with Crippen molar-refractivity contribution in [2.45, 2.75) is 19.6 Å². The summed E-state index contributed by atoms with van der Waals surface area (Å²) in [6, 6.07) is 16.2. The summed E-state index contributed by atoms with van der Waals surface area (Å²) in [5, 5.41) is 12.8. The topological polar surface area (TPSA) is 61.8 Å². The Morgan fingerprint density at radius 2 is 1.82 bits per heavy atom. The van der Waals surface area contributed by atoms with E-state index in [9.17, 15) is 10.0 Å². The van der Waals surface area contributed by atoms with Crippen LogP contribution < -0.4 is 10.1 Å². The summed E-state index contributed by atoms with van der Waals surface area (Å²) in [6.45, 7) is 2.25. The van der Waals surface area contributed by atoms with Gasteiger partial charge >= 0.3 is 6.03 Å². The number of hydrogen-bond acceptors (Lipinski definition) is 3. The van der Waals surface area contributed by atoms with Crippen molar-refractivity contribution in [1.82, 2.24) is 10.4 Å². The molecule has 22 heavy (non-hydrogen) atoms. The van der Waals surface area contributed by atoms with Crippen LogP contribution in [0.5, 0.6) is 5.75 Å². The highest BCUT2D eigenvalue weighted by Gasteiger charge is 2.18. The summed E-state index contributed by atoms with van der Waals surface area (Å²) in [5.74, 6) is 0.740. The Morgan fingerprint density at radius 3 is 2.41 bits per heavy atom. The van der Waals surface area contributed by atoms with Gasteiger partial charge in [0.05, 0.1) is 6.04 Å². The second-order valence-corrected chi connectivity index (χ2v) is 4.92. The van der Waals surface area contributed by atoms with Crippen molar-refractivity contribution in [3.8, 4) is 5.75 Å². The van der Waals surface area contributed by atoms with E-state index in [1.807, 2.05) is 54.6 Å². The maximum atomic E-state index is 11.4. The molecule has 2 amide bonds. The molecule has 0 spiro atoms. The first kappa shape index (κ1) is 15.9. The van der Waals surface area contributed by atoms with Gasteiger partial charge in [-0.05, 0) is 30.2 Å². The van der Waals surface area contributed by atoms with Crippen molar-refractivity contribution >= 4 is 6.03 Å². The number of amides is 2. The normalized spacial score (nSPS) is 11.6. The van der Waals surface area contributed by atoms with E-state index in [0.29, 0.717) is 11.7 Å². The van der Waals surface area contributed by atoms with Crippen molar-refractivity contribution in [2.24, 2.45) is 0 Å². The number of ether oxygens (including phenoxy) is 1. The lowest BCUT2D eigenvalue weighted by Crippen LogP contribution is -2.37. The molecule has 0 saturated carbocycles. The van der Waals surface area contributed by atoms with Crippen molar-refractivity contribution in [3.63, 3.8) is 0 Å². The molecule has 0 aromatic heterocycles. The fraction of sp³-hybridized carbons (Fsp3) is 0.235. The van der Waals surface area contributed by atoms with E-state index < -0.39 is 12.1 Å². The lowest BCUT2D eigenvalue weighted by molar-refractivity contribution is -0.0738. The minimum absolute atomic E-state index is 0.442. The van der Waals surface area contributed by atoms with Crippen LogP contribution in [0.15, 0.2) is 54.6 Å². The molecule has 0 aliphatic heterocycles. The summed E-state index contributed by atoms with van der Waals surface area (Å²) >= 11 is 0. The third-order valence-corrected chi connectivity index (χ3v) is 3.40. The first-order valence-electron chi connectivity index (χ1n) is 7.08. The number of carbonyl (C=O) groups is 1. The van der Waals surface area contributed by atoms with Crippen LogP contribution in [-0.2, 0) is 6.61 Å². The van der Waals surface area contributed by atoms with Crippen LogP contribution in [0.1, 0.15) is 24.1 Å². The SMILES string of the molecule is CNC(=O)N(O)C(C)c1ccc(OCc2ccccc2)cc1. The second kappa shape index (κ2) is 7.47. The first-order chi connectivity index (χ1) is 10.6. The zero-order valence-corrected chi connectivity index (χ0v) is 12.7. The van der Waals surface area contributed by atoms with E-state index in [0.717, 1.165) is 16.9 Å². The van der Waals surface area contributed by atoms with Gasteiger partial charge in [-0.15, -0.1) is 0 Å². The lowest BCUT2D eigenvalue weighted by Gasteiger charge is -2.22. The van der Waals surface area contributed by atoms with Gasteiger partial charge in [0.25, 0.3) is 0 Å². The molecule has 116 valence electrons. The van der Waals surface area contributed by atoms with Crippen LogP contribution in [0, 0.1) is 0 Å². The number of nitrogens with one attached hydrogen (secondary N) is 1. The molecule has 1 unspecified atom stereocenters. The summed E-state index contributed by atoms with van der Waals surface area (Å²) in [6.07, 6.45) is 0. The van der Waals surface area contributed by atoms with Crippen LogP contribution in [0.2, 0.25) is 0 Å². The van der Waals surface area contributed by atoms with Crippen molar-refractivity contribution in [3.05, 3.63) is 65.7 Å². The highest BCUT2D eigenvalue weighted by Crippen LogP contribution is 2.22. The molecule has 2 N–H and O–H groups in total. The Bertz CT molecular complexity index is 599. The van der Waals surface area contributed by atoms with Gasteiger partial charge in [-0.1, -0.05) is 42.5 Å². The van der Waals surface area contributed by atoms with Gasteiger partial charge in [0.1, 0.15) is 12.4 Å². The largest absolute Gasteiger partial charge is 0.489 e. The molecular formula is C17H20N2O3. The smallest absolute Gasteiger partial charge is 0.341 e. The zero-order valence-electron chi connectivity index (χ0n) is 12.7. The van der Waals surface area contributed by atoms with Gasteiger partial charge in [0.15, 0.2) is 0 Å². The van der Waals surface area contributed by atoms with Gasteiger partial charge in [-0.3, -0.25) is 5.21 Å². The summed E-state index contributed by atoms with van der Waals surface area (Å²) in [7, 11) is 1.47. The molecule has 1 atom stereocenters. The van der Waals surface area contributed by atoms with E-state index in [1.165, 1.54) is 7.05 Å². The van der Waals surface area contributed by atoms with Crippen LogP contribution >= 0.6 is 0 Å².